The Morgan fingerprint density at radius 2 is 1.97 bits per heavy atom. The molecule has 152 valence electrons. The van der Waals surface area contributed by atoms with Crippen molar-refractivity contribution >= 4 is 29.3 Å². The number of halogens is 2. The zero-order valence-electron chi connectivity index (χ0n) is 15.3. The van der Waals surface area contributed by atoms with Crippen molar-refractivity contribution in [2.45, 2.75) is 24.6 Å². The molecule has 2 aromatic rings. The van der Waals surface area contributed by atoms with Crippen molar-refractivity contribution in [3.8, 4) is 0 Å². The summed E-state index contributed by atoms with van der Waals surface area (Å²) in [6.07, 6.45) is -0.210. The van der Waals surface area contributed by atoms with Gasteiger partial charge < -0.3 is 21.1 Å². The maximum absolute atomic E-state index is 13.4. The van der Waals surface area contributed by atoms with Crippen LogP contribution in [0.2, 0.25) is 5.02 Å². The van der Waals surface area contributed by atoms with Gasteiger partial charge in [-0.15, -0.1) is 0 Å². The van der Waals surface area contributed by atoms with Crippen LogP contribution in [0.3, 0.4) is 0 Å². The summed E-state index contributed by atoms with van der Waals surface area (Å²) in [5, 5.41) is 13.3. The molecule has 0 aromatic heterocycles. The van der Waals surface area contributed by atoms with E-state index in [-0.39, 0.29) is 24.5 Å². The predicted molar refractivity (Wildman–Crippen MR) is 103 cm³/mol. The van der Waals surface area contributed by atoms with Crippen LogP contribution in [0.5, 0.6) is 0 Å². The highest BCUT2D eigenvalue weighted by Gasteiger charge is 2.53. The summed E-state index contributed by atoms with van der Waals surface area (Å²) in [7, 11) is 0. The van der Waals surface area contributed by atoms with Crippen LogP contribution < -0.4 is 11.1 Å². The van der Waals surface area contributed by atoms with Gasteiger partial charge in [-0.2, -0.15) is 0 Å². The van der Waals surface area contributed by atoms with Crippen molar-refractivity contribution in [1.82, 2.24) is 10.2 Å². The second kappa shape index (κ2) is 8.18. The van der Waals surface area contributed by atoms with Crippen LogP contribution >= 0.6 is 11.6 Å². The molecule has 29 heavy (non-hydrogen) atoms. The van der Waals surface area contributed by atoms with Crippen LogP contribution in [-0.2, 0) is 20.9 Å². The first kappa shape index (κ1) is 20.8. The number of nitrogens with one attached hydrogen (secondary N) is 1. The van der Waals surface area contributed by atoms with E-state index in [0.717, 1.165) is 11.0 Å². The number of hydrogen-bond acceptors (Lipinski definition) is 4. The lowest BCUT2D eigenvalue weighted by Crippen LogP contribution is -2.53. The van der Waals surface area contributed by atoms with Crippen LogP contribution in [-0.4, -0.2) is 39.9 Å². The quantitative estimate of drug-likeness (QED) is 0.612. The molecular formula is C20H19ClFN3O4. The zero-order chi connectivity index (χ0) is 21.2. The Hall–Kier alpha value is -2.97. The maximum Gasteiger partial charge on any atom is 0.265 e. The summed E-state index contributed by atoms with van der Waals surface area (Å²) in [6.45, 7) is -0.166. The molecule has 0 bridgehead atoms. The Labute approximate surface area is 171 Å². The molecule has 9 heteroatoms. The van der Waals surface area contributed by atoms with Gasteiger partial charge >= 0.3 is 0 Å². The number of carbonyl (C=O) groups is 3. The number of carbonyl (C=O) groups excluding carboxylic acids is 3. The third-order valence-electron chi connectivity index (χ3n) is 4.78. The molecule has 0 spiro atoms. The number of hydrogen-bond donors (Lipinski definition) is 3. The standard InChI is InChI=1S/C20H19ClFN3O4/c21-14-8-12(9-15(22)10-14)11-24-18(27)20(29)6-7-25(19(20)28)16(17(23)26)13-4-2-1-3-5-13/h1-5,8-10,16,29H,6-7,11H2,(H2,23,26)(H,24,27). The summed E-state index contributed by atoms with van der Waals surface area (Å²) in [4.78, 5) is 38.5. The summed E-state index contributed by atoms with van der Waals surface area (Å²) in [5.41, 5.74) is 3.98. The van der Waals surface area contributed by atoms with Crippen molar-refractivity contribution < 1.29 is 23.9 Å². The van der Waals surface area contributed by atoms with Crippen LogP contribution in [0.15, 0.2) is 48.5 Å². The van der Waals surface area contributed by atoms with E-state index in [4.69, 9.17) is 17.3 Å². The lowest BCUT2D eigenvalue weighted by molar-refractivity contribution is -0.156. The largest absolute Gasteiger partial charge is 0.372 e. The number of nitrogens with two attached hydrogens (primary N) is 1. The summed E-state index contributed by atoms with van der Waals surface area (Å²) in [6, 6.07) is 11.0. The van der Waals surface area contributed by atoms with E-state index < -0.39 is 35.2 Å². The Bertz CT molecular complexity index is 936. The van der Waals surface area contributed by atoms with Gasteiger partial charge in [0.25, 0.3) is 11.8 Å². The molecule has 4 N–H and O–H groups in total. The fraction of sp³-hybridized carbons (Fsp3) is 0.250. The Morgan fingerprint density at radius 3 is 2.59 bits per heavy atom. The fourth-order valence-electron chi connectivity index (χ4n) is 3.36. The molecule has 1 aliphatic rings. The minimum absolute atomic E-state index is 0.0307. The van der Waals surface area contributed by atoms with Crippen molar-refractivity contribution in [2.75, 3.05) is 6.54 Å². The number of primary amides is 1. The van der Waals surface area contributed by atoms with E-state index in [2.05, 4.69) is 5.32 Å². The van der Waals surface area contributed by atoms with Gasteiger partial charge in [0.1, 0.15) is 11.9 Å². The second-order valence-electron chi connectivity index (χ2n) is 6.78. The number of benzene rings is 2. The molecule has 3 amide bonds. The van der Waals surface area contributed by atoms with E-state index in [1.165, 1.54) is 12.1 Å². The predicted octanol–water partition coefficient (Wildman–Crippen LogP) is 1.29. The summed E-state index contributed by atoms with van der Waals surface area (Å²) < 4.78 is 13.4. The first-order valence-corrected chi connectivity index (χ1v) is 9.21. The zero-order valence-corrected chi connectivity index (χ0v) is 16.0. The number of likely N-dealkylation sites (tertiary alicyclic amines) is 1. The summed E-state index contributed by atoms with van der Waals surface area (Å²) >= 11 is 5.78. The highest BCUT2D eigenvalue weighted by Crippen LogP contribution is 2.31. The molecule has 0 aliphatic carbocycles. The molecule has 1 heterocycles. The number of aliphatic hydroxyl groups is 1. The van der Waals surface area contributed by atoms with Crippen molar-refractivity contribution in [1.29, 1.82) is 0 Å². The van der Waals surface area contributed by atoms with Gasteiger partial charge in [-0.3, -0.25) is 14.4 Å². The van der Waals surface area contributed by atoms with E-state index in [1.54, 1.807) is 30.3 Å². The average molecular weight is 420 g/mol. The molecule has 2 aromatic carbocycles. The van der Waals surface area contributed by atoms with Gasteiger partial charge in [-0.25, -0.2) is 4.39 Å². The molecule has 1 aliphatic heterocycles. The van der Waals surface area contributed by atoms with Crippen molar-refractivity contribution in [3.63, 3.8) is 0 Å². The van der Waals surface area contributed by atoms with Gasteiger partial charge in [0, 0.05) is 24.5 Å². The van der Waals surface area contributed by atoms with Gasteiger partial charge in [0.05, 0.1) is 0 Å². The van der Waals surface area contributed by atoms with E-state index in [9.17, 15) is 23.9 Å². The maximum atomic E-state index is 13.4. The number of rotatable bonds is 6. The minimum Gasteiger partial charge on any atom is -0.372 e. The molecular weight excluding hydrogens is 401 g/mol. The van der Waals surface area contributed by atoms with E-state index >= 15 is 0 Å². The number of amides is 3. The highest BCUT2D eigenvalue weighted by molar-refractivity contribution is 6.30. The molecule has 2 atom stereocenters. The van der Waals surface area contributed by atoms with Crippen LogP contribution in [0.4, 0.5) is 4.39 Å². The van der Waals surface area contributed by atoms with Crippen molar-refractivity contribution in [3.05, 3.63) is 70.5 Å². The highest BCUT2D eigenvalue weighted by atomic mass is 35.5. The monoisotopic (exact) mass is 419 g/mol. The topological polar surface area (TPSA) is 113 Å². The SMILES string of the molecule is NC(=O)C(c1ccccc1)N1CCC(O)(C(=O)NCc2cc(F)cc(Cl)c2)C1=O. The van der Waals surface area contributed by atoms with Crippen LogP contribution in [0, 0.1) is 5.82 Å². The van der Waals surface area contributed by atoms with Crippen LogP contribution in [0.25, 0.3) is 0 Å². The molecule has 0 saturated carbocycles. The Balaban J connectivity index is 1.75. The van der Waals surface area contributed by atoms with Gasteiger partial charge in [-0.1, -0.05) is 41.9 Å². The second-order valence-corrected chi connectivity index (χ2v) is 7.22. The van der Waals surface area contributed by atoms with Crippen molar-refractivity contribution in [2.24, 2.45) is 5.73 Å². The van der Waals surface area contributed by atoms with E-state index in [0.29, 0.717) is 11.1 Å². The number of nitrogens with zero attached hydrogens (tertiary/aromatic N) is 1. The Kier molecular flexibility index (Phi) is 5.86. The molecule has 1 fully saturated rings. The first-order valence-electron chi connectivity index (χ1n) is 8.83. The Morgan fingerprint density at radius 1 is 1.28 bits per heavy atom. The third-order valence-corrected chi connectivity index (χ3v) is 4.99. The summed E-state index contributed by atoms with van der Waals surface area (Å²) in [5.74, 6) is -3.21. The van der Waals surface area contributed by atoms with E-state index in [1.807, 2.05) is 0 Å². The minimum atomic E-state index is -2.35. The molecule has 2 unspecified atom stereocenters. The van der Waals surface area contributed by atoms with Gasteiger partial charge in [-0.05, 0) is 29.3 Å². The first-order chi connectivity index (χ1) is 13.7. The lowest BCUT2D eigenvalue weighted by atomic mass is 10.0. The van der Waals surface area contributed by atoms with Gasteiger partial charge in [0.15, 0.2) is 0 Å². The molecule has 7 nitrogen and oxygen atoms in total. The van der Waals surface area contributed by atoms with Gasteiger partial charge in [0.2, 0.25) is 11.5 Å². The lowest BCUT2D eigenvalue weighted by Gasteiger charge is -2.27. The fourth-order valence-corrected chi connectivity index (χ4v) is 3.60. The van der Waals surface area contributed by atoms with Crippen LogP contribution in [0.1, 0.15) is 23.6 Å². The smallest absolute Gasteiger partial charge is 0.265 e. The molecule has 3 rings (SSSR count). The third kappa shape index (κ3) is 4.23. The average Bonchev–Trinajstić information content (AvgIpc) is 2.96. The molecule has 0 radical (unpaired) electrons. The normalized spacial score (nSPS) is 19.8. The molecule has 1 saturated heterocycles.